The van der Waals surface area contributed by atoms with Crippen LogP contribution in [0.15, 0.2) is 51.7 Å². The maximum atomic E-state index is 12.3. The maximum Gasteiger partial charge on any atom is 0.339 e. The molecule has 3 rings (SSSR count). The first-order valence-corrected chi connectivity index (χ1v) is 7.47. The second-order valence-electron chi connectivity index (χ2n) is 5.29. The van der Waals surface area contributed by atoms with Crippen LogP contribution in [0.2, 0.25) is 0 Å². The van der Waals surface area contributed by atoms with Gasteiger partial charge in [0.25, 0.3) is 0 Å². The molecule has 0 radical (unpaired) electrons. The van der Waals surface area contributed by atoms with Crippen molar-refractivity contribution in [2.24, 2.45) is 0 Å². The van der Waals surface area contributed by atoms with Crippen LogP contribution in [0, 0.1) is 0 Å². The predicted octanol–water partition coefficient (Wildman–Crippen LogP) is 3.41. The summed E-state index contributed by atoms with van der Waals surface area (Å²) in [5.41, 5.74) is 1.50. The number of hydrogen-bond acceptors (Lipinski definition) is 5. The number of rotatable bonds is 5. The van der Waals surface area contributed by atoms with E-state index >= 15 is 0 Å². The summed E-state index contributed by atoms with van der Waals surface area (Å²) in [5, 5.41) is 0.725. The van der Waals surface area contributed by atoms with E-state index in [9.17, 15) is 4.79 Å². The van der Waals surface area contributed by atoms with Gasteiger partial charge in [-0.25, -0.2) is 4.79 Å². The SMILES string of the molecule is COc1cc(OC)c2cc(Cc3ccccc3OC)c(=O)oc2c1. The van der Waals surface area contributed by atoms with E-state index in [-0.39, 0.29) is 5.63 Å². The number of hydrogen-bond donors (Lipinski definition) is 0. The smallest absolute Gasteiger partial charge is 0.339 e. The summed E-state index contributed by atoms with van der Waals surface area (Å²) in [4.78, 5) is 12.3. The van der Waals surface area contributed by atoms with Crippen molar-refractivity contribution in [2.75, 3.05) is 21.3 Å². The highest BCUT2D eigenvalue weighted by molar-refractivity contribution is 5.85. The van der Waals surface area contributed by atoms with Crippen LogP contribution in [-0.4, -0.2) is 21.3 Å². The molecular weight excluding hydrogens is 308 g/mol. The third kappa shape index (κ3) is 2.93. The Balaban J connectivity index is 2.12. The third-order valence-electron chi connectivity index (χ3n) is 3.89. The number of benzene rings is 2. The van der Waals surface area contributed by atoms with E-state index in [1.54, 1.807) is 39.5 Å². The topological polar surface area (TPSA) is 57.9 Å². The molecule has 5 heteroatoms. The number of fused-ring (bicyclic) bond motifs is 1. The minimum atomic E-state index is -0.385. The molecule has 1 heterocycles. The van der Waals surface area contributed by atoms with E-state index in [4.69, 9.17) is 18.6 Å². The van der Waals surface area contributed by atoms with E-state index in [0.29, 0.717) is 29.1 Å². The van der Waals surface area contributed by atoms with Gasteiger partial charge in [-0.05, 0) is 17.7 Å². The molecule has 0 N–H and O–H groups in total. The lowest BCUT2D eigenvalue weighted by Crippen LogP contribution is -2.08. The van der Waals surface area contributed by atoms with Crippen molar-refractivity contribution in [2.45, 2.75) is 6.42 Å². The van der Waals surface area contributed by atoms with Gasteiger partial charge >= 0.3 is 5.63 Å². The molecule has 0 atom stereocenters. The first kappa shape index (κ1) is 15.9. The Morgan fingerprint density at radius 2 is 1.62 bits per heavy atom. The zero-order valence-corrected chi connectivity index (χ0v) is 13.8. The molecule has 0 aliphatic heterocycles. The highest BCUT2D eigenvalue weighted by atomic mass is 16.5. The molecular formula is C19H18O5. The summed E-state index contributed by atoms with van der Waals surface area (Å²) >= 11 is 0. The van der Waals surface area contributed by atoms with Crippen LogP contribution in [0.5, 0.6) is 17.2 Å². The zero-order valence-electron chi connectivity index (χ0n) is 13.8. The minimum absolute atomic E-state index is 0.385. The van der Waals surface area contributed by atoms with Crippen LogP contribution >= 0.6 is 0 Å². The van der Waals surface area contributed by atoms with Gasteiger partial charge in [0.2, 0.25) is 0 Å². The van der Waals surface area contributed by atoms with Gasteiger partial charge in [0.15, 0.2) is 0 Å². The Kier molecular flexibility index (Phi) is 4.42. The second kappa shape index (κ2) is 6.66. The van der Waals surface area contributed by atoms with E-state index in [1.807, 2.05) is 24.3 Å². The van der Waals surface area contributed by atoms with Crippen molar-refractivity contribution in [1.29, 1.82) is 0 Å². The number of para-hydroxylation sites is 1. The molecule has 5 nitrogen and oxygen atoms in total. The molecule has 0 saturated heterocycles. The molecule has 1 aromatic heterocycles. The van der Waals surface area contributed by atoms with Crippen LogP contribution < -0.4 is 19.8 Å². The van der Waals surface area contributed by atoms with Gasteiger partial charge < -0.3 is 18.6 Å². The Labute approximate surface area is 139 Å². The monoisotopic (exact) mass is 326 g/mol. The third-order valence-corrected chi connectivity index (χ3v) is 3.89. The molecule has 24 heavy (non-hydrogen) atoms. The van der Waals surface area contributed by atoms with Gasteiger partial charge in [0.05, 0.1) is 26.7 Å². The lowest BCUT2D eigenvalue weighted by Gasteiger charge is -2.10. The Hall–Kier alpha value is -2.95. The van der Waals surface area contributed by atoms with Gasteiger partial charge in [0.1, 0.15) is 22.8 Å². The van der Waals surface area contributed by atoms with Crippen LogP contribution in [-0.2, 0) is 6.42 Å². The van der Waals surface area contributed by atoms with Crippen molar-refractivity contribution in [3.8, 4) is 17.2 Å². The normalized spacial score (nSPS) is 10.6. The molecule has 0 aliphatic carbocycles. The first-order chi connectivity index (χ1) is 11.7. The summed E-state index contributed by atoms with van der Waals surface area (Å²) in [6.45, 7) is 0. The molecule has 3 aromatic rings. The highest BCUT2D eigenvalue weighted by Crippen LogP contribution is 2.31. The van der Waals surface area contributed by atoms with Crippen molar-refractivity contribution >= 4 is 11.0 Å². The van der Waals surface area contributed by atoms with Crippen LogP contribution in [0.25, 0.3) is 11.0 Å². The molecule has 0 amide bonds. The van der Waals surface area contributed by atoms with Crippen molar-refractivity contribution in [3.05, 3.63) is 64.0 Å². The van der Waals surface area contributed by atoms with E-state index < -0.39 is 0 Å². The second-order valence-corrected chi connectivity index (χ2v) is 5.29. The quantitative estimate of drug-likeness (QED) is 0.673. The van der Waals surface area contributed by atoms with Crippen molar-refractivity contribution < 1.29 is 18.6 Å². The summed E-state index contributed by atoms with van der Waals surface area (Å²) in [7, 11) is 4.73. The van der Waals surface area contributed by atoms with E-state index in [2.05, 4.69) is 0 Å². The molecule has 0 bridgehead atoms. The van der Waals surface area contributed by atoms with Crippen LogP contribution in [0.3, 0.4) is 0 Å². The van der Waals surface area contributed by atoms with Gasteiger partial charge in [-0.1, -0.05) is 18.2 Å². The van der Waals surface area contributed by atoms with Crippen molar-refractivity contribution in [1.82, 2.24) is 0 Å². The fourth-order valence-corrected chi connectivity index (χ4v) is 2.67. The Bertz CT molecular complexity index is 927. The Morgan fingerprint density at radius 1 is 0.875 bits per heavy atom. The molecule has 0 aliphatic rings. The van der Waals surface area contributed by atoms with Gasteiger partial charge in [0, 0.05) is 24.1 Å². The standard InChI is InChI=1S/C19H18O5/c1-21-14-10-17(23-3)15-9-13(19(20)24-18(15)11-14)8-12-6-4-5-7-16(12)22-2/h4-7,9-11H,8H2,1-3H3. The van der Waals surface area contributed by atoms with Crippen LogP contribution in [0.4, 0.5) is 0 Å². The fourth-order valence-electron chi connectivity index (χ4n) is 2.67. The summed E-state index contributed by atoms with van der Waals surface area (Å²) in [6.07, 6.45) is 0.414. The van der Waals surface area contributed by atoms with E-state index in [1.165, 1.54) is 0 Å². The summed E-state index contributed by atoms with van der Waals surface area (Å²) in [6, 6.07) is 12.8. The molecule has 0 saturated carbocycles. The minimum Gasteiger partial charge on any atom is -0.496 e. The first-order valence-electron chi connectivity index (χ1n) is 7.47. The summed E-state index contributed by atoms with van der Waals surface area (Å²) < 4.78 is 21.4. The average Bonchev–Trinajstić information content (AvgIpc) is 2.61. The number of methoxy groups -OCH3 is 3. The van der Waals surface area contributed by atoms with E-state index in [0.717, 1.165) is 16.7 Å². The average molecular weight is 326 g/mol. The number of ether oxygens (including phenoxy) is 3. The Morgan fingerprint density at radius 3 is 2.33 bits per heavy atom. The van der Waals surface area contributed by atoms with Crippen LogP contribution in [0.1, 0.15) is 11.1 Å². The zero-order chi connectivity index (χ0) is 17.1. The molecule has 0 spiro atoms. The fraction of sp³-hybridized carbons (Fsp3) is 0.211. The van der Waals surface area contributed by atoms with Gasteiger partial charge in [-0.3, -0.25) is 0 Å². The van der Waals surface area contributed by atoms with Gasteiger partial charge in [-0.2, -0.15) is 0 Å². The van der Waals surface area contributed by atoms with Gasteiger partial charge in [-0.15, -0.1) is 0 Å². The molecule has 2 aromatic carbocycles. The lowest BCUT2D eigenvalue weighted by molar-refractivity contribution is 0.395. The largest absolute Gasteiger partial charge is 0.496 e. The lowest BCUT2D eigenvalue weighted by atomic mass is 10.0. The maximum absolute atomic E-state index is 12.3. The molecule has 0 fully saturated rings. The summed E-state index contributed by atoms with van der Waals surface area (Å²) in [5.74, 6) is 1.90. The molecule has 124 valence electrons. The van der Waals surface area contributed by atoms with Crippen molar-refractivity contribution in [3.63, 3.8) is 0 Å². The predicted molar refractivity (Wildman–Crippen MR) is 91.4 cm³/mol. The molecule has 0 unspecified atom stereocenters. The highest BCUT2D eigenvalue weighted by Gasteiger charge is 2.13.